The van der Waals surface area contributed by atoms with E-state index in [0.717, 1.165) is 5.56 Å². The molecule has 0 amide bonds. The van der Waals surface area contributed by atoms with Crippen LogP contribution in [0.15, 0.2) is 35.5 Å². The Morgan fingerprint density at radius 2 is 1.94 bits per heavy atom. The molecule has 18 heavy (non-hydrogen) atoms. The first kappa shape index (κ1) is 13.0. The second-order valence-corrected chi connectivity index (χ2v) is 5.53. The van der Waals surface area contributed by atoms with Crippen molar-refractivity contribution in [2.75, 3.05) is 0 Å². The number of halogens is 1. The largest absolute Gasteiger partial charge is 0.312 e. The Morgan fingerprint density at radius 3 is 2.50 bits per heavy atom. The molecule has 0 fully saturated rings. The first-order chi connectivity index (χ1) is 8.50. The number of aromatic nitrogens is 3. The number of hydrogen-bond donors (Lipinski definition) is 1. The highest BCUT2D eigenvalue weighted by Gasteiger charge is 2.08. The summed E-state index contributed by atoms with van der Waals surface area (Å²) in [7, 11) is -3.65. The van der Waals surface area contributed by atoms with Crippen LogP contribution in [0.25, 0.3) is 0 Å². The third-order valence-corrected chi connectivity index (χ3v) is 3.59. The van der Waals surface area contributed by atoms with Gasteiger partial charge in [0.1, 0.15) is 12.2 Å². The van der Waals surface area contributed by atoms with Crippen molar-refractivity contribution >= 4 is 21.6 Å². The van der Waals surface area contributed by atoms with Gasteiger partial charge in [0.05, 0.1) is 17.3 Å². The molecule has 0 atom stereocenters. The van der Waals surface area contributed by atoms with Crippen LogP contribution in [0, 0.1) is 0 Å². The molecular formula is C10H11ClN4O2S. The van der Waals surface area contributed by atoms with Crippen LogP contribution in [0.1, 0.15) is 11.4 Å². The molecule has 1 aromatic carbocycles. The fourth-order valence-electron chi connectivity index (χ4n) is 1.50. The van der Waals surface area contributed by atoms with E-state index in [4.69, 9.17) is 16.7 Å². The molecule has 0 spiro atoms. The number of hydrogen-bond acceptors (Lipinski definition) is 4. The first-order valence-corrected chi connectivity index (χ1v) is 7.13. The van der Waals surface area contributed by atoms with Crippen molar-refractivity contribution < 1.29 is 8.42 Å². The lowest BCUT2D eigenvalue weighted by atomic mass is 10.2. The van der Waals surface area contributed by atoms with Gasteiger partial charge in [0.15, 0.2) is 0 Å². The maximum Gasteiger partial charge on any atom is 0.238 e. The Bertz CT molecular complexity index is 636. The molecule has 0 aliphatic heterocycles. The van der Waals surface area contributed by atoms with Gasteiger partial charge < -0.3 is 4.57 Å². The molecule has 0 aliphatic carbocycles. The van der Waals surface area contributed by atoms with Crippen LogP contribution < -0.4 is 5.14 Å². The van der Waals surface area contributed by atoms with Gasteiger partial charge in [0.2, 0.25) is 10.0 Å². The van der Waals surface area contributed by atoms with Crippen LogP contribution in [-0.4, -0.2) is 23.2 Å². The van der Waals surface area contributed by atoms with Gasteiger partial charge >= 0.3 is 0 Å². The minimum Gasteiger partial charge on any atom is -0.312 e. The van der Waals surface area contributed by atoms with Crippen molar-refractivity contribution in [3.8, 4) is 0 Å². The maximum atomic E-state index is 11.1. The molecule has 0 radical (unpaired) electrons. The second kappa shape index (κ2) is 5.05. The molecule has 0 unspecified atom stereocenters. The minimum atomic E-state index is -3.65. The van der Waals surface area contributed by atoms with E-state index in [1.54, 1.807) is 23.0 Å². The van der Waals surface area contributed by atoms with Gasteiger partial charge in [-0.25, -0.2) is 13.6 Å². The molecule has 1 aromatic heterocycles. The van der Waals surface area contributed by atoms with Gasteiger partial charge in [0, 0.05) is 0 Å². The smallest absolute Gasteiger partial charge is 0.238 e. The zero-order valence-corrected chi connectivity index (χ0v) is 10.9. The van der Waals surface area contributed by atoms with E-state index in [1.165, 1.54) is 12.1 Å². The summed E-state index contributed by atoms with van der Waals surface area (Å²) in [6.45, 7) is 0.528. The molecule has 2 N–H and O–H groups in total. The first-order valence-electron chi connectivity index (χ1n) is 5.05. The van der Waals surface area contributed by atoms with Crippen molar-refractivity contribution in [1.29, 1.82) is 0 Å². The minimum absolute atomic E-state index is 0.0903. The lowest BCUT2D eigenvalue weighted by Crippen LogP contribution is -2.12. The summed E-state index contributed by atoms with van der Waals surface area (Å²) in [5.41, 5.74) is 0.911. The maximum absolute atomic E-state index is 11.1. The molecular weight excluding hydrogens is 276 g/mol. The fourth-order valence-corrected chi connectivity index (χ4v) is 2.22. The topological polar surface area (TPSA) is 90.9 Å². The zero-order chi connectivity index (χ0) is 13.2. The Morgan fingerprint density at radius 1 is 1.28 bits per heavy atom. The summed E-state index contributed by atoms with van der Waals surface area (Å²) >= 11 is 5.71. The van der Waals surface area contributed by atoms with Crippen LogP contribution >= 0.6 is 11.6 Å². The summed E-state index contributed by atoms with van der Waals surface area (Å²) in [4.78, 5) is 0.0903. The number of rotatable bonds is 4. The summed E-state index contributed by atoms with van der Waals surface area (Å²) in [5, 5.41) is 12.6. The van der Waals surface area contributed by atoms with Gasteiger partial charge in [-0.3, -0.25) is 0 Å². The number of primary sulfonamides is 1. The van der Waals surface area contributed by atoms with Gasteiger partial charge in [-0.05, 0) is 17.7 Å². The van der Waals surface area contributed by atoms with Gasteiger partial charge in [0.25, 0.3) is 0 Å². The van der Waals surface area contributed by atoms with Crippen LogP contribution in [0.4, 0.5) is 0 Å². The van der Waals surface area contributed by atoms with E-state index >= 15 is 0 Å². The Labute approximate surface area is 109 Å². The van der Waals surface area contributed by atoms with Crippen molar-refractivity contribution in [3.05, 3.63) is 42.0 Å². The molecule has 6 nitrogen and oxygen atoms in total. The Balaban J connectivity index is 2.21. The van der Waals surface area contributed by atoms with E-state index in [2.05, 4.69) is 10.2 Å². The quantitative estimate of drug-likeness (QED) is 0.838. The van der Waals surface area contributed by atoms with E-state index in [-0.39, 0.29) is 10.8 Å². The highest BCUT2D eigenvalue weighted by molar-refractivity contribution is 7.89. The SMILES string of the molecule is NS(=O)(=O)c1ccc(Cn2cnnc2CCl)cc1. The molecule has 0 saturated carbocycles. The van der Waals surface area contributed by atoms with Gasteiger partial charge in [-0.2, -0.15) is 0 Å². The normalized spacial score (nSPS) is 11.7. The molecule has 0 bridgehead atoms. The van der Waals surface area contributed by atoms with Gasteiger partial charge in [-0.1, -0.05) is 12.1 Å². The average Bonchev–Trinajstić information content (AvgIpc) is 2.76. The van der Waals surface area contributed by atoms with E-state index in [9.17, 15) is 8.42 Å². The van der Waals surface area contributed by atoms with Crippen LogP contribution in [0.3, 0.4) is 0 Å². The fraction of sp³-hybridized carbons (Fsp3) is 0.200. The summed E-state index contributed by atoms with van der Waals surface area (Å²) in [5.74, 6) is 0.933. The van der Waals surface area contributed by atoms with Gasteiger partial charge in [-0.15, -0.1) is 21.8 Å². The zero-order valence-electron chi connectivity index (χ0n) is 9.32. The van der Waals surface area contributed by atoms with Crippen molar-refractivity contribution in [2.45, 2.75) is 17.3 Å². The predicted octanol–water partition coefficient (Wildman–Crippen LogP) is 0.713. The monoisotopic (exact) mass is 286 g/mol. The average molecular weight is 287 g/mol. The van der Waals surface area contributed by atoms with Crippen molar-refractivity contribution in [1.82, 2.24) is 14.8 Å². The van der Waals surface area contributed by atoms with Crippen molar-refractivity contribution in [3.63, 3.8) is 0 Å². The highest BCUT2D eigenvalue weighted by Crippen LogP contribution is 2.11. The van der Waals surface area contributed by atoms with E-state index in [0.29, 0.717) is 12.4 Å². The number of nitrogens with two attached hydrogens (primary N) is 1. The predicted molar refractivity (Wildman–Crippen MR) is 66.5 cm³/mol. The third kappa shape index (κ3) is 2.87. The molecule has 96 valence electrons. The number of nitrogens with zero attached hydrogens (tertiary/aromatic N) is 3. The van der Waals surface area contributed by atoms with E-state index in [1.807, 2.05) is 0 Å². The molecule has 0 saturated heterocycles. The summed E-state index contributed by atoms with van der Waals surface area (Å²) in [6.07, 6.45) is 1.57. The molecule has 8 heteroatoms. The molecule has 2 rings (SSSR count). The van der Waals surface area contributed by atoms with Crippen molar-refractivity contribution in [2.24, 2.45) is 5.14 Å². The summed E-state index contributed by atoms with van der Waals surface area (Å²) < 4.78 is 24.0. The Kier molecular flexibility index (Phi) is 3.65. The van der Waals surface area contributed by atoms with Crippen LogP contribution in [-0.2, 0) is 22.4 Å². The molecule has 1 heterocycles. The van der Waals surface area contributed by atoms with Crippen LogP contribution in [0.5, 0.6) is 0 Å². The number of benzene rings is 1. The number of sulfonamides is 1. The third-order valence-electron chi connectivity index (χ3n) is 2.42. The Hall–Kier alpha value is -1.44. The highest BCUT2D eigenvalue weighted by atomic mass is 35.5. The lowest BCUT2D eigenvalue weighted by Gasteiger charge is -2.05. The second-order valence-electron chi connectivity index (χ2n) is 3.70. The van der Waals surface area contributed by atoms with Crippen LogP contribution in [0.2, 0.25) is 0 Å². The molecule has 2 aromatic rings. The lowest BCUT2D eigenvalue weighted by molar-refractivity contribution is 0.597. The summed E-state index contributed by atoms with van der Waals surface area (Å²) in [6, 6.07) is 6.32. The molecule has 0 aliphatic rings. The number of alkyl halides is 1. The van der Waals surface area contributed by atoms with E-state index < -0.39 is 10.0 Å². The standard InChI is InChI=1S/C10H11ClN4O2S/c11-5-10-14-13-7-15(10)6-8-1-3-9(4-2-8)18(12,16)17/h1-4,7H,5-6H2,(H2,12,16,17).